The van der Waals surface area contributed by atoms with E-state index < -0.39 is 0 Å². The summed E-state index contributed by atoms with van der Waals surface area (Å²) < 4.78 is 0. The normalized spacial score (nSPS) is 12.1. The van der Waals surface area contributed by atoms with Gasteiger partial charge in [-0.05, 0) is 18.6 Å². The van der Waals surface area contributed by atoms with Crippen LogP contribution in [0.1, 0.15) is 18.5 Å². The number of pyridine rings is 1. The average molecular weight is 215 g/mol. The van der Waals surface area contributed by atoms with E-state index in [4.69, 9.17) is 5.73 Å². The Balaban J connectivity index is 2.11. The number of nitrogens with zero attached hydrogens (tertiary/aromatic N) is 3. The van der Waals surface area contributed by atoms with Crippen molar-refractivity contribution in [1.29, 1.82) is 0 Å². The van der Waals surface area contributed by atoms with Crippen molar-refractivity contribution in [3.63, 3.8) is 0 Å². The van der Waals surface area contributed by atoms with E-state index in [1.807, 2.05) is 25.3 Å². The van der Waals surface area contributed by atoms with Gasteiger partial charge < -0.3 is 11.1 Å². The molecular weight excluding hydrogens is 202 g/mol. The molecule has 1 unspecified atom stereocenters. The highest BCUT2D eigenvalue weighted by Crippen LogP contribution is 2.16. The Bertz CT molecular complexity index is 457. The van der Waals surface area contributed by atoms with Crippen LogP contribution in [0.15, 0.2) is 36.9 Å². The third-order valence-electron chi connectivity index (χ3n) is 2.20. The molecule has 0 saturated heterocycles. The molecule has 16 heavy (non-hydrogen) atoms. The van der Waals surface area contributed by atoms with Crippen molar-refractivity contribution in [1.82, 2.24) is 15.0 Å². The molecule has 2 aromatic heterocycles. The van der Waals surface area contributed by atoms with E-state index in [9.17, 15) is 0 Å². The Hall–Kier alpha value is -2.17. The maximum atomic E-state index is 5.55. The number of anilines is 2. The summed E-state index contributed by atoms with van der Waals surface area (Å²) in [4.78, 5) is 12.2. The quantitative estimate of drug-likeness (QED) is 0.813. The maximum Gasteiger partial charge on any atom is 0.147 e. The van der Waals surface area contributed by atoms with Crippen molar-refractivity contribution in [3.05, 3.63) is 42.5 Å². The minimum absolute atomic E-state index is 0.116. The topological polar surface area (TPSA) is 76.7 Å². The Labute approximate surface area is 93.8 Å². The van der Waals surface area contributed by atoms with Gasteiger partial charge in [0, 0.05) is 12.4 Å². The van der Waals surface area contributed by atoms with Gasteiger partial charge in [-0.2, -0.15) is 0 Å². The van der Waals surface area contributed by atoms with Gasteiger partial charge in [-0.3, -0.25) is 9.97 Å². The third kappa shape index (κ3) is 2.44. The van der Waals surface area contributed by atoms with Crippen LogP contribution < -0.4 is 11.1 Å². The second-order valence-corrected chi connectivity index (χ2v) is 3.48. The zero-order valence-electron chi connectivity index (χ0n) is 8.96. The fraction of sp³-hybridized carbons (Fsp3) is 0.182. The molecule has 0 aromatic carbocycles. The van der Waals surface area contributed by atoms with Gasteiger partial charge in [0.05, 0.1) is 18.4 Å². The predicted octanol–water partition coefficient (Wildman–Crippen LogP) is 1.63. The SMILES string of the molecule is CC(Nc1cncc(N)n1)c1cccnc1. The summed E-state index contributed by atoms with van der Waals surface area (Å²) in [6.45, 7) is 2.03. The first kappa shape index (κ1) is 10.4. The van der Waals surface area contributed by atoms with Crippen LogP contribution in [-0.4, -0.2) is 15.0 Å². The molecule has 0 bridgehead atoms. The summed E-state index contributed by atoms with van der Waals surface area (Å²) in [6.07, 6.45) is 6.72. The van der Waals surface area contributed by atoms with Crippen LogP contribution in [-0.2, 0) is 0 Å². The highest BCUT2D eigenvalue weighted by Gasteiger charge is 2.05. The lowest BCUT2D eigenvalue weighted by molar-refractivity contribution is 0.864. The second-order valence-electron chi connectivity index (χ2n) is 3.48. The predicted molar refractivity (Wildman–Crippen MR) is 62.7 cm³/mol. The lowest BCUT2D eigenvalue weighted by Gasteiger charge is -2.14. The smallest absolute Gasteiger partial charge is 0.147 e. The highest BCUT2D eigenvalue weighted by molar-refractivity contribution is 5.40. The van der Waals surface area contributed by atoms with E-state index in [1.165, 1.54) is 6.20 Å². The summed E-state index contributed by atoms with van der Waals surface area (Å²) in [7, 11) is 0. The zero-order valence-corrected chi connectivity index (χ0v) is 8.96. The molecular formula is C11H13N5. The molecule has 2 heterocycles. The van der Waals surface area contributed by atoms with Gasteiger partial charge in [0.15, 0.2) is 0 Å². The van der Waals surface area contributed by atoms with Gasteiger partial charge in [0.1, 0.15) is 11.6 Å². The van der Waals surface area contributed by atoms with Gasteiger partial charge in [-0.1, -0.05) is 6.07 Å². The summed E-state index contributed by atoms with van der Waals surface area (Å²) in [5.41, 5.74) is 6.64. The van der Waals surface area contributed by atoms with E-state index in [0.717, 1.165) is 5.56 Å². The number of nitrogens with two attached hydrogens (primary N) is 1. The molecule has 0 amide bonds. The van der Waals surface area contributed by atoms with Crippen molar-refractivity contribution in [2.45, 2.75) is 13.0 Å². The van der Waals surface area contributed by atoms with Crippen molar-refractivity contribution >= 4 is 11.6 Å². The van der Waals surface area contributed by atoms with Crippen LogP contribution in [0.4, 0.5) is 11.6 Å². The first-order chi connectivity index (χ1) is 7.75. The van der Waals surface area contributed by atoms with E-state index >= 15 is 0 Å². The molecule has 2 aromatic rings. The second kappa shape index (κ2) is 4.57. The lowest BCUT2D eigenvalue weighted by atomic mass is 10.1. The summed E-state index contributed by atoms with van der Waals surface area (Å²) in [6, 6.07) is 4.02. The zero-order chi connectivity index (χ0) is 11.4. The average Bonchev–Trinajstić information content (AvgIpc) is 2.30. The van der Waals surface area contributed by atoms with Crippen molar-refractivity contribution in [3.8, 4) is 0 Å². The molecule has 82 valence electrons. The summed E-state index contributed by atoms with van der Waals surface area (Å²) in [5, 5.41) is 3.21. The summed E-state index contributed by atoms with van der Waals surface area (Å²) >= 11 is 0. The molecule has 0 saturated carbocycles. The van der Waals surface area contributed by atoms with Crippen LogP contribution in [0, 0.1) is 0 Å². The minimum atomic E-state index is 0.116. The molecule has 0 fully saturated rings. The molecule has 5 heteroatoms. The van der Waals surface area contributed by atoms with E-state index in [2.05, 4.69) is 20.3 Å². The number of hydrogen-bond donors (Lipinski definition) is 2. The maximum absolute atomic E-state index is 5.55. The Kier molecular flexibility index (Phi) is 2.95. The summed E-state index contributed by atoms with van der Waals surface area (Å²) in [5.74, 6) is 1.07. The molecule has 5 nitrogen and oxygen atoms in total. The van der Waals surface area contributed by atoms with Gasteiger partial charge in [-0.25, -0.2) is 4.98 Å². The standard InChI is InChI=1S/C11H13N5/c1-8(9-3-2-4-13-5-9)15-11-7-14-6-10(12)16-11/h2-8H,1H3,(H3,12,15,16). The fourth-order valence-electron chi connectivity index (χ4n) is 1.39. The number of nitrogens with one attached hydrogen (secondary N) is 1. The van der Waals surface area contributed by atoms with E-state index in [0.29, 0.717) is 11.6 Å². The number of nitrogen functional groups attached to an aromatic ring is 1. The van der Waals surface area contributed by atoms with Crippen LogP contribution in [0.2, 0.25) is 0 Å². The molecule has 0 spiro atoms. The molecule has 2 rings (SSSR count). The van der Waals surface area contributed by atoms with Crippen molar-refractivity contribution in [2.24, 2.45) is 0 Å². The Morgan fingerprint density at radius 2 is 2.12 bits per heavy atom. The van der Waals surface area contributed by atoms with Crippen molar-refractivity contribution < 1.29 is 0 Å². The molecule has 0 aliphatic rings. The van der Waals surface area contributed by atoms with Crippen LogP contribution in [0.5, 0.6) is 0 Å². The van der Waals surface area contributed by atoms with Crippen LogP contribution >= 0.6 is 0 Å². The third-order valence-corrected chi connectivity index (χ3v) is 2.20. The minimum Gasteiger partial charge on any atom is -0.382 e. The Morgan fingerprint density at radius 1 is 1.25 bits per heavy atom. The van der Waals surface area contributed by atoms with Gasteiger partial charge >= 0.3 is 0 Å². The largest absolute Gasteiger partial charge is 0.382 e. The first-order valence-corrected chi connectivity index (χ1v) is 4.99. The molecule has 0 aliphatic carbocycles. The van der Waals surface area contributed by atoms with Crippen LogP contribution in [0.25, 0.3) is 0 Å². The number of aromatic nitrogens is 3. The van der Waals surface area contributed by atoms with Gasteiger partial charge in [0.2, 0.25) is 0 Å². The molecule has 0 aliphatic heterocycles. The fourth-order valence-corrected chi connectivity index (χ4v) is 1.39. The van der Waals surface area contributed by atoms with Crippen molar-refractivity contribution in [2.75, 3.05) is 11.1 Å². The monoisotopic (exact) mass is 215 g/mol. The van der Waals surface area contributed by atoms with Crippen LogP contribution in [0.3, 0.4) is 0 Å². The number of hydrogen-bond acceptors (Lipinski definition) is 5. The molecule has 0 radical (unpaired) electrons. The number of rotatable bonds is 3. The highest BCUT2D eigenvalue weighted by atomic mass is 15.1. The van der Waals surface area contributed by atoms with E-state index in [1.54, 1.807) is 12.4 Å². The Morgan fingerprint density at radius 3 is 2.81 bits per heavy atom. The molecule has 1 atom stereocenters. The van der Waals surface area contributed by atoms with Gasteiger partial charge in [0.25, 0.3) is 0 Å². The lowest BCUT2D eigenvalue weighted by Crippen LogP contribution is -2.09. The van der Waals surface area contributed by atoms with E-state index in [-0.39, 0.29) is 6.04 Å². The molecule has 3 N–H and O–H groups in total. The van der Waals surface area contributed by atoms with Gasteiger partial charge in [-0.15, -0.1) is 0 Å². The first-order valence-electron chi connectivity index (χ1n) is 4.99.